The summed E-state index contributed by atoms with van der Waals surface area (Å²) in [5.41, 5.74) is 1.15. The minimum absolute atomic E-state index is 0.150. The highest BCUT2D eigenvalue weighted by Gasteiger charge is 2.20. The zero-order chi connectivity index (χ0) is 11.4. The van der Waals surface area contributed by atoms with Gasteiger partial charge in [0, 0.05) is 32.5 Å². The normalized spacial score (nSPS) is 20.7. The van der Waals surface area contributed by atoms with Gasteiger partial charge in [0.25, 0.3) is 0 Å². The van der Waals surface area contributed by atoms with Gasteiger partial charge in [0.15, 0.2) is 0 Å². The predicted octanol–water partition coefficient (Wildman–Crippen LogP) is 0.641. The van der Waals surface area contributed by atoms with E-state index in [4.69, 9.17) is 0 Å². The van der Waals surface area contributed by atoms with Gasteiger partial charge in [0.2, 0.25) is 5.91 Å². The summed E-state index contributed by atoms with van der Waals surface area (Å²) in [5.74, 6) is 0.327. The molecule has 0 radical (unpaired) electrons. The van der Waals surface area contributed by atoms with Crippen molar-refractivity contribution >= 4 is 5.91 Å². The molecule has 0 aliphatic carbocycles. The molecule has 1 fully saturated rings. The van der Waals surface area contributed by atoms with Crippen molar-refractivity contribution in [3.05, 3.63) is 24.0 Å². The van der Waals surface area contributed by atoms with Crippen LogP contribution in [0.2, 0.25) is 0 Å². The monoisotopic (exact) mass is 221 g/mol. The fourth-order valence-corrected chi connectivity index (χ4v) is 2.07. The summed E-state index contributed by atoms with van der Waals surface area (Å²) in [6.45, 7) is 2.50. The van der Waals surface area contributed by atoms with Gasteiger partial charge in [-0.15, -0.1) is 0 Å². The van der Waals surface area contributed by atoms with Gasteiger partial charge >= 0.3 is 0 Å². The lowest BCUT2D eigenvalue weighted by atomic mass is 9.99. The van der Waals surface area contributed by atoms with E-state index in [2.05, 4.69) is 10.6 Å². The van der Waals surface area contributed by atoms with Crippen LogP contribution in [0.5, 0.6) is 0 Å². The Bertz CT molecular complexity index is 353. The standard InChI is InChI=1S/C12H19N3O/c1-15-6-4-10(9-15)7-14-12(16)11-3-2-5-13-8-11/h4,6,9,11,13H,2-3,5,7-8H2,1H3,(H,14,16)/t11-/m1/s1. The maximum Gasteiger partial charge on any atom is 0.224 e. The second kappa shape index (κ2) is 5.16. The largest absolute Gasteiger partial charge is 0.357 e. The number of aryl methyl sites for hydroxylation is 1. The second-order valence-electron chi connectivity index (χ2n) is 4.45. The molecule has 16 heavy (non-hydrogen) atoms. The number of piperidine rings is 1. The molecule has 1 atom stereocenters. The highest BCUT2D eigenvalue weighted by Crippen LogP contribution is 2.10. The van der Waals surface area contributed by atoms with Gasteiger partial charge in [0.05, 0.1) is 5.92 Å². The Balaban J connectivity index is 1.78. The predicted molar refractivity (Wildman–Crippen MR) is 62.9 cm³/mol. The Morgan fingerprint density at radius 3 is 3.19 bits per heavy atom. The van der Waals surface area contributed by atoms with Crippen molar-refractivity contribution in [2.24, 2.45) is 13.0 Å². The number of nitrogens with one attached hydrogen (secondary N) is 2. The quantitative estimate of drug-likeness (QED) is 0.787. The highest BCUT2D eigenvalue weighted by molar-refractivity contribution is 5.78. The van der Waals surface area contributed by atoms with Crippen LogP contribution < -0.4 is 10.6 Å². The minimum atomic E-state index is 0.150. The smallest absolute Gasteiger partial charge is 0.224 e. The molecule has 1 aliphatic heterocycles. The lowest BCUT2D eigenvalue weighted by Gasteiger charge is -2.21. The molecule has 4 nitrogen and oxygen atoms in total. The molecule has 1 aliphatic rings. The van der Waals surface area contributed by atoms with Gasteiger partial charge in [0.1, 0.15) is 0 Å². The van der Waals surface area contributed by atoms with Gasteiger partial charge in [-0.1, -0.05) is 0 Å². The summed E-state index contributed by atoms with van der Waals surface area (Å²) in [4.78, 5) is 11.8. The first-order valence-corrected chi connectivity index (χ1v) is 5.85. The molecular formula is C12H19N3O. The fourth-order valence-electron chi connectivity index (χ4n) is 2.07. The lowest BCUT2D eigenvalue weighted by molar-refractivity contribution is -0.125. The van der Waals surface area contributed by atoms with Gasteiger partial charge in [-0.05, 0) is 31.0 Å². The molecule has 1 aromatic rings. The zero-order valence-electron chi connectivity index (χ0n) is 9.70. The first kappa shape index (κ1) is 11.2. The van der Waals surface area contributed by atoms with E-state index in [0.717, 1.165) is 31.5 Å². The number of amides is 1. The number of hydrogen-bond acceptors (Lipinski definition) is 2. The van der Waals surface area contributed by atoms with Crippen LogP contribution in [0.1, 0.15) is 18.4 Å². The number of hydrogen-bond donors (Lipinski definition) is 2. The van der Waals surface area contributed by atoms with E-state index in [9.17, 15) is 4.79 Å². The van der Waals surface area contributed by atoms with E-state index in [-0.39, 0.29) is 11.8 Å². The molecule has 1 aromatic heterocycles. The lowest BCUT2D eigenvalue weighted by Crippen LogP contribution is -2.40. The van der Waals surface area contributed by atoms with Gasteiger partial charge < -0.3 is 15.2 Å². The Hall–Kier alpha value is -1.29. The van der Waals surface area contributed by atoms with Crippen LogP contribution in [0.15, 0.2) is 18.5 Å². The van der Waals surface area contributed by atoms with Crippen LogP contribution in [0.25, 0.3) is 0 Å². The molecular weight excluding hydrogens is 202 g/mol. The van der Waals surface area contributed by atoms with E-state index in [0.29, 0.717) is 6.54 Å². The third-order valence-corrected chi connectivity index (χ3v) is 3.03. The SMILES string of the molecule is Cn1ccc(CNC(=O)[C@@H]2CCCNC2)c1. The highest BCUT2D eigenvalue weighted by atomic mass is 16.1. The zero-order valence-corrected chi connectivity index (χ0v) is 9.70. The van der Waals surface area contributed by atoms with Crippen LogP contribution in [0.4, 0.5) is 0 Å². The molecule has 0 bridgehead atoms. The van der Waals surface area contributed by atoms with Crippen LogP contribution in [-0.4, -0.2) is 23.6 Å². The molecule has 2 N–H and O–H groups in total. The van der Waals surface area contributed by atoms with Crippen LogP contribution in [0.3, 0.4) is 0 Å². The Morgan fingerprint density at radius 2 is 2.56 bits per heavy atom. The van der Waals surface area contributed by atoms with E-state index in [1.807, 2.05) is 30.1 Å². The van der Waals surface area contributed by atoms with Gasteiger partial charge in [-0.3, -0.25) is 4.79 Å². The Kier molecular flexibility index (Phi) is 3.62. The minimum Gasteiger partial charge on any atom is -0.357 e. The maximum absolute atomic E-state index is 11.8. The molecule has 2 rings (SSSR count). The van der Waals surface area contributed by atoms with Crippen molar-refractivity contribution in [3.8, 4) is 0 Å². The van der Waals surface area contributed by atoms with Crippen LogP contribution >= 0.6 is 0 Å². The topological polar surface area (TPSA) is 46.1 Å². The van der Waals surface area contributed by atoms with E-state index >= 15 is 0 Å². The fraction of sp³-hybridized carbons (Fsp3) is 0.583. The van der Waals surface area contributed by atoms with E-state index < -0.39 is 0 Å². The summed E-state index contributed by atoms with van der Waals surface area (Å²) >= 11 is 0. The molecule has 1 amide bonds. The summed E-state index contributed by atoms with van der Waals surface area (Å²) in [7, 11) is 1.98. The first-order chi connectivity index (χ1) is 7.75. The van der Waals surface area contributed by atoms with Crippen molar-refractivity contribution in [2.45, 2.75) is 19.4 Å². The third kappa shape index (κ3) is 2.85. The van der Waals surface area contributed by atoms with Crippen LogP contribution in [0, 0.1) is 5.92 Å². The van der Waals surface area contributed by atoms with Crippen molar-refractivity contribution in [2.75, 3.05) is 13.1 Å². The van der Waals surface area contributed by atoms with Gasteiger partial charge in [-0.25, -0.2) is 0 Å². The average Bonchev–Trinajstić information content (AvgIpc) is 2.73. The molecule has 0 aromatic carbocycles. The van der Waals surface area contributed by atoms with Crippen LogP contribution in [-0.2, 0) is 18.4 Å². The van der Waals surface area contributed by atoms with Crippen molar-refractivity contribution in [1.29, 1.82) is 0 Å². The average molecular weight is 221 g/mol. The van der Waals surface area contributed by atoms with E-state index in [1.54, 1.807) is 0 Å². The van der Waals surface area contributed by atoms with E-state index in [1.165, 1.54) is 0 Å². The van der Waals surface area contributed by atoms with Gasteiger partial charge in [-0.2, -0.15) is 0 Å². The molecule has 0 spiro atoms. The second-order valence-corrected chi connectivity index (χ2v) is 4.45. The Morgan fingerprint density at radius 1 is 1.69 bits per heavy atom. The van der Waals surface area contributed by atoms with Crippen molar-refractivity contribution in [3.63, 3.8) is 0 Å². The summed E-state index contributed by atoms with van der Waals surface area (Å²) in [6, 6.07) is 2.03. The molecule has 0 saturated carbocycles. The number of nitrogens with zero attached hydrogens (tertiary/aromatic N) is 1. The number of rotatable bonds is 3. The molecule has 2 heterocycles. The third-order valence-electron chi connectivity index (χ3n) is 3.03. The van der Waals surface area contributed by atoms with Crippen molar-refractivity contribution in [1.82, 2.24) is 15.2 Å². The molecule has 4 heteroatoms. The number of carbonyl (C=O) groups excluding carboxylic acids is 1. The first-order valence-electron chi connectivity index (χ1n) is 5.85. The summed E-state index contributed by atoms with van der Waals surface area (Å²) in [6.07, 6.45) is 6.13. The number of carbonyl (C=O) groups is 1. The maximum atomic E-state index is 11.8. The van der Waals surface area contributed by atoms with Crippen molar-refractivity contribution < 1.29 is 4.79 Å². The Labute approximate surface area is 96.0 Å². The summed E-state index contributed by atoms with van der Waals surface area (Å²) in [5, 5.41) is 6.24. The summed E-state index contributed by atoms with van der Waals surface area (Å²) < 4.78 is 1.99. The number of aromatic nitrogens is 1. The molecule has 1 saturated heterocycles. The molecule has 88 valence electrons. The molecule has 0 unspecified atom stereocenters.